The molecule has 0 saturated carbocycles. The van der Waals surface area contributed by atoms with Crippen LogP contribution < -0.4 is 4.90 Å². The van der Waals surface area contributed by atoms with Crippen molar-refractivity contribution in [2.24, 2.45) is 0 Å². The number of nitrogens with zero attached hydrogens (tertiary/aromatic N) is 5. The maximum Gasteiger partial charge on any atom is 0.255 e. The lowest BCUT2D eigenvalue weighted by Gasteiger charge is -2.36. The normalized spacial score (nSPS) is 20.7. The van der Waals surface area contributed by atoms with Crippen LogP contribution in [0.4, 0.5) is 5.82 Å². The van der Waals surface area contributed by atoms with Crippen molar-refractivity contribution in [1.82, 2.24) is 19.7 Å². The smallest absolute Gasteiger partial charge is 0.255 e. The van der Waals surface area contributed by atoms with Crippen LogP contribution in [-0.4, -0.2) is 64.5 Å². The van der Waals surface area contributed by atoms with E-state index in [-0.39, 0.29) is 11.9 Å². The van der Waals surface area contributed by atoms with E-state index in [1.807, 2.05) is 34.0 Å². The quantitative estimate of drug-likeness (QED) is 0.808. The van der Waals surface area contributed by atoms with Gasteiger partial charge >= 0.3 is 0 Å². The van der Waals surface area contributed by atoms with Gasteiger partial charge in [0.25, 0.3) is 5.91 Å². The van der Waals surface area contributed by atoms with Crippen LogP contribution in [0.1, 0.15) is 36.0 Å². The number of hydrogen-bond acceptors (Lipinski definition) is 5. The van der Waals surface area contributed by atoms with Gasteiger partial charge in [0.2, 0.25) is 0 Å². The van der Waals surface area contributed by atoms with Gasteiger partial charge < -0.3 is 14.5 Å². The van der Waals surface area contributed by atoms with Gasteiger partial charge in [0.05, 0.1) is 18.8 Å². The van der Waals surface area contributed by atoms with Crippen LogP contribution >= 0.6 is 0 Å². The minimum Gasteiger partial charge on any atom is -0.378 e. The molecule has 7 nitrogen and oxygen atoms in total. The molecule has 2 saturated heterocycles. The molecule has 27 heavy (non-hydrogen) atoms. The first-order valence-corrected chi connectivity index (χ1v) is 9.88. The molecule has 4 heterocycles. The fourth-order valence-corrected chi connectivity index (χ4v) is 3.94. The number of hydrogen-bond donors (Lipinski definition) is 0. The van der Waals surface area contributed by atoms with E-state index in [0.717, 1.165) is 64.5 Å². The van der Waals surface area contributed by atoms with Crippen LogP contribution in [0, 0.1) is 0 Å². The number of likely N-dealkylation sites (tertiary alicyclic amines) is 1. The SMILES string of the molecule is O=C(c1ccc(N2CCOCC2)nc1)N1CCCCC1CCn1cccn1. The third-order valence-electron chi connectivity index (χ3n) is 5.47. The van der Waals surface area contributed by atoms with Crippen LogP contribution in [0.5, 0.6) is 0 Å². The zero-order chi connectivity index (χ0) is 18.5. The van der Waals surface area contributed by atoms with Gasteiger partial charge in [-0.1, -0.05) is 0 Å². The van der Waals surface area contributed by atoms with E-state index < -0.39 is 0 Å². The molecule has 2 aromatic rings. The summed E-state index contributed by atoms with van der Waals surface area (Å²) in [5, 5.41) is 4.27. The van der Waals surface area contributed by atoms with Crippen LogP contribution in [0.2, 0.25) is 0 Å². The summed E-state index contributed by atoms with van der Waals surface area (Å²) in [5.74, 6) is 1.02. The lowest BCUT2D eigenvalue weighted by Crippen LogP contribution is -2.44. The van der Waals surface area contributed by atoms with Gasteiger partial charge in [-0.2, -0.15) is 5.10 Å². The molecular weight excluding hydrogens is 342 g/mol. The Morgan fingerprint density at radius 3 is 2.81 bits per heavy atom. The van der Waals surface area contributed by atoms with Gasteiger partial charge in [-0.05, 0) is 43.9 Å². The summed E-state index contributed by atoms with van der Waals surface area (Å²) in [6, 6.07) is 6.08. The number of aromatic nitrogens is 3. The van der Waals surface area contributed by atoms with E-state index in [2.05, 4.69) is 15.0 Å². The number of piperidine rings is 1. The van der Waals surface area contributed by atoms with E-state index in [4.69, 9.17) is 4.74 Å². The van der Waals surface area contributed by atoms with Crippen molar-refractivity contribution in [3.63, 3.8) is 0 Å². The first kappa shape index (κ1) is 18.0. The second-order valence-electron chi connectivity index (χ2n) is 7.21. The van der Waals surface area contributed by atoms with Crippen LogP contribution in [0.25, 0.3) is 0 Å². The van der Waals surface area contributed by atoms with Crippen LogP contribution in [-0.2, 0) is 11.3 Å². The van der Waals surface area contributed by atoms with Crippen molar-refractivity contribution in [2.45, 2.75) is 38.3 Å². The number of carbonyl (C=O) groups is 1. The van der Waals surface area contributed by atoms with E-state index in [1.54, 1.807) is 12.4 Å². The molecule has 0 radical (unpaired) electrons. The maximum absolute atomic E-state index is 13.1. The molecular formula is C20H27N5O2. The van der Waals surface area contributed by atoms with E-state index in [0.29, 0.717) is 5.56 Å². The Morgan fingerprint density at radius 1 is 1.19 bits per heavy atom. The number of anilines is 1. The van der Waals surface area contributed by atoms with Gasteiger partial charge in [0.1, 0.15) is 5.82 Å². The van der Waals surface area contributed by atoms with E-state index >= 15 is 0 Å². The standard InChI is InChI=1S/C20H27N5O2/c26-20(17-5-6-19(21-16-17)23-12-14-27-15-13-23)25-10-2-1-4-18(25)7-11-24-9-3-8-22-24/h3,5-6,8-9,16,18H,1-2,4,7,10-15H2. The molecule has 0 bridgehead atoms. The molecule has 2 aromatic heterocycles. The van der Waals surface area contributed by atoms with Crippen molar-refractivity contribution in [3.8, 4) is 0 Å². The Balaban J connectivity index is 1.41. The first-order chi connectivity index (χ1) is 13.3. The summed E-state index contributed by atoms with van der Waals surface area (Å²) < 4.78 is 7.33. The summed E-state index contributed by atoms with van der Waals surface area (Å²) in [5.41, 5.74) is 0.679. The Morgan fingerprint density at radius 2 is 2.07 bits per heavy atom. The Bertz CT molecular complexity index is 725. The number of morpholine rings is 1. The number of ether oxygens (including phenoxy) is 1. The molecule has 0 N–H and O–H groups in total. The maximum atomic E-state index is 13.1. The summed E-state index contributed by atoms with van der Waals surface area (Å²) >= 11 is 0. The van der Waals surface area contributed by atoms with Crippen LogP contribution in [0.15, 0.2) is 36.8 Å². The van der Waals surface area contributed by atoms with Gasteiger partial charge in [0.15, 0.2) is 0 Å². The Labute approximate surface area is 159 Å². The molecule has 1 atom stereocenters. The molecule has 4 rings (SSSR count). The lowest BCUT2D eigenvalue weighted by molar-refractivity contribution is 0.0593. The monoisotopic (exact) mass is 369 g/mol. The molecule has 7 heteroatoms. The zero-order valence-electron chi connectivity index (χ0n) is 15.7. The molecule has 0 aromatic carbocycles. The summed E-state index contributed by atoms with van der Waals surface area (Å²) in [6.07, 6.45) is 9.76. The summed E-state index contributed by atoms with van der Waals surface area (Å²) in [7, 11) is 0. The first-order valence-electron chi connectivity index (χ1n) is 9.88. The predicted molar refractivity (Wildman–Crippen MR) is 103 cm³/mol. The average molecular weight is 369 g/mol. The second kappa shape index (κ2) is 8.52. The van der Waals surface area contributed by atoms with Gasteiger partial charge in [-0.3, -0.25) is 9.48 Å². The van der Waals surface area contributed by atoms with Crippen molar-refractivity contribution in [3.05, 3.63) is 42.4 Å². The van der Waals surface area contributed by atoms with Crippen LogP contribution in [0.3, 0.4) is 0 Å². The zero-order valence-corrected chi connectivity index (χ0v) is 15.7. The Hall–Kier alpha value is -2.41. The number of carbonyl (C=O) groups excluding carboxylic acids is 1. The highest BCUT2D eigenvalue weighted by Crippen LogP contribution is 2.23. The number of pyridine rings is 1. The number of rotatable bonds is 5. The van der Waals surface area contributed by atoms with Crippen molar-refractivity contribution < 1.29 is 9.53 Å². The minimum absolute atomic E-state index is 0.0983. The molecule has 144 valence electrons. The summed E-state index contributed by atoms with van der Waals surface area (Å²) in [4.78, 5) is 21.9. The second-order valence-corrected chi connectivity index (χ2v) is 7.21. The summed E-state index contributed by atoms with van der Waals surface area (Å²) in [6.45, 7) is 4.83. The molecule has 2 aliphatic heterocycles. The van der Waals surface area contributed by atoms with Crippen molar-refractivity contribution >= 4 is 11.7 Å². The molecule has 0 aliphatic carbocycles. The largest absolute Gasteiger partial charge is 0.378 e. The fourth-order valence-electron chi connectivity index (χ4n) is 3.94. The average Bonchev–Trinajstić information content (AvgIpc) is 3.26. The highest BCUT2D eigenvalue weighted by Gasteiger charge is 2.27. The number of amides is 1. The van der Waals surface area contributed by atoms with Crippen molar-refractivity contribution in [2.75, 3.05) is 37.7 Å². The molecule has 1 amide bonds. The third-order valence-corrected chi connectivity index (χ3v) is 5.47. The molecule has 0 spiro atoms. The third kappa shape index (κ3) is 4.30. The highest BCUT2D eigenvalue weighted by atomic mass is 16.5. The van der Waals surface area contributed by atoms with E-state index in [9.17, 15) is 4.79 Å². The van der Waals surface area contributed by atoms with Gasteiger partial charge in [-0.15, -0.1) is 0 Å². The van der Waals surface area contributed by atoms with Gasteiger partial charge in [0, 0.05) is 50.8 Å². The molecule has 2 aliphatic rings. The highest BCUT2D eigenvalue weighted by molar-refractivity contribution is 5.94. The van der Waals surface area contributed by atoms with Gasteiger partial charge in [-0.25, -0.2) is 4.98 Å². The topological polar surface area (TPSA) is 63.5 Å². The minimum atomic E-state index is 0.0983. The Kier molecular flexibility index (Phi) is 5.67. The molecule has 1 unspecified atom stereocenters. The fraction of sp³-hybridized carbons (Fsp3) is 0.550. The lowest BCUT2D eigenvalue weighted by atomic mass is 9.98. The molecule has 2 fully saturated rings. The number of aryl methyl sites for hydroxylation is 1. The predicted octanol–water partition coefficient (Wildman–Crippen LogP) is 2.20. The van der Waals surface area contributed by atoms with Crippen molar-refractivity contribution in [1.29, 1.82) is 0 Å². The van der Waals surface area contributed by atoms with E-state index in [1.165, 1.54) is 6.42 Å².